The molecule has 3 rings (SSSR count). The Balaban J connectivity index is 0. The molecule has 2 aromatic carbocycles. The summed E-state index contributed by atoms with van der Waals surface area (Å²) in [6.07, 6.45) is -4.92. The summed E-state index contributed by atoms with van der Waals surface area (Å²) in [5, 5.41) is 6.13. The van der Waals surface area contributed by atoms with Crippen molar-refractivity contribution in [1.82, 2.24) is 16.0 Å². The number of amides is 3. The topological polar surface area (TPSA) is 126 Å². The van der Waals surface area contributed by atoms with Crippen molar-refractivity contribution in [2.75, 3.05) is 20.3 Å². The molecule has 0 radical (unpaired) electrons. The fourth-order valence-electron chi connectivity index (χ4n) is 3.26. The Morgan fingerprint density at radius 3 is 2.15 bits per heavy atom. The number of nitrogens with one attached hydrogen (secondary N) is 3. The fourth-order valence-corrected chi connectivity index (χ4v) is 3.26. The molecular weight excluding hydrogens is 519 g/mol. The molecule has 9 nitrogen and oxygen atoms in total. The number of methoxy groups -OCH3 is 1. The maximum atomic E-state index is 12.6. The number of halogens is 3. The molecule has 1 aliphatic rings. The second-order valence-corrected chi connectivity index (χ2v) is 9.12. The number of benzene rings is 2. The Kier molecular flexibility index (Phi) is 11.0. The third-order valence-electron chi connectivity index (χ3n) is 5.71. The van der Waals surface area contributed by atoms with E-state index in [9.17, 15) is 32.3 Å². The summed E-state index contributed by atoms with van der Waals surface area (Å²) >= 11 is 0. The minimum atomic E-state index is -5.13. The van der Waals surface area contributed by atoms with E-state index in [1.54, 1.807) is 44.4 Å². The lowest BCUT2D eigenvalue weighted by molar-refractivity contribution is -0.174. The van der Waals surface area contributed by atoms with Crippen LogP contribution in [0.1, 0.15) is 29.3 Å². The van der Waals surface area contributed by atoms with Crippen LogP contribution in [0.4, 0.5) is 13.2 Å². The van der Waals surface area contributed by atoms with E-state index >= 15 is 0 Å². The van der Waals surface area contributed by atoms with E-state index in [1.165, 1.54) is 10.9 Å². The van der Waals surface area contributed by atoms with Gasteiger partial charge in [-0.3, -0.25) is 19.2 Å². The average Bonchev–Trinajstić information content (AvgIpc) is 3.65. The van der Waals surface area contributed by atoms with E-state index in [2.05, 4.69) is 17.6 Å². The normalized spacial score (nSPS) is 17.4. The minimum Gasteiger partial charge on any atom is -0.497 e. The van der Waals surface area contributed by atoms with E-state index in [-0.39, 0.29) is 23.1 Å². The lowest BCUT2D eigenvalue weighted by Gasteiger charge is -2.20. The zero-order chi connectivity index (χ0) is 29.2. The van der Waals surface area contributed by atoms with E-state index in [4.69, 9.17) is 9.47 Å². The van der Waals surface area contributed by atoms with Crippen molar-refractivity contribution >= 4 is 23.5 Å². The van der Waals surface area contributed by atoms with Crippen molar-refractivity contribution in [3.8, 4) is 5.75 Å². The second kappa shape index (κ2) is 13.7. The summed E-state index contributed by atoms with van der Waals surface area (Å²) in [5.74, 6) is -3.36. The summed E-state index contributed by atoms with van der Waals surface area (Å²) in [5.41, 5.74) is 1.08. The molecule has 0 aliphatic carbocycles. The largest absolute Gasteiger partial charge is 0.497 e. The maximum Gasteiger partial charge on any atom is 0.471 e. The van der Waals surface area contributed by atoms with Crippen molar-refractivity contribution in [1.29, 1.82) is 0 Å². The first-order valence-corrected chi connectivity index (χ1v) is 12.0. The fraction of sp³-hybridized carbons (Fsp3) is 0.407. The molecule has 1 fully saturated rings. The van der Waals surface area contributed by atoms with Gasteiger partial charge in [-0.05, 0) is 44.9 Å². The molecule has 0 aromatic heterocycles. The molecule has 1 aliphatic heterocycles. The highest BCUT2D eigenvalue weighted by Crippen LogP contribution is 2.29. The van der Waals surface area contributed by atoms with Crippen LogP contribution in [0.2, 0.25) is 0 Å². The number of alkyl halides is 3. The lowest BCUT2D eigenvalue weighted by atomic mass is 9.95. The van der Waals surface area contributed by atoms with Crippen LogP contribution in [-0.2, 0) is 30.3 Å². The molecule has 3 atom stereocenters. The number of ketones is 1. The standard InChI is InChI=1S/C19H22F3N3O5.C8H10O.3H2/c1-11(24-17(29)19(20,21)22)16(28)23-9-14(26)25-13(15(27)18(2)10-30-18)8-12-6-4-3-5-7-12;1-7-3-5-8(9-2)6-4-7;;;/h3-7,11,13H,8-10H2,1-2H3,(H,23,28)(H,24,29)(H,25,26);3-6H,1-2H3;3*1H/t11-,13-,18+;;;;/m0..../s1. The van der Waals surface area contributed by atoms with Gasteiger partial charge in [-0.15, -0.1) is 0 Å². The highest BCUT2D eigenvalue weighted by atomic mass is 19.4. The molecule has 3 amide bonds. The third kappa shape index (κ3) is 10.4. The Morgan fingerprint density at radius 2 is 1.64 bits per heavy atom. The number of aryl methyl sites for hydroxylation is 1. The summed E-state index contributed by atoms with van der Waals surface area (Å²) in [6.45, 7) is 4.36. The monoisotopic (exact) mass is 557 g/mol. The lowest BCUT2D eigenvalue weighted by Crippen LogP contribution is -2.53. The SMILES string of the molecule is COc1ccc(C)cc1.C[C@H](NC(=O)C(F)(F)F)C(=O)NCC(=O)N[C@@H](Cc1ccccc1)C(=O)[C@@]1(C)CO1.[HH].[HH].[HH]. The Hall–Kier alpha value is -3.93. The third-order valence-corrected chi connectivity index (χ3v) is 5.71. The molecule has 0 unspecified atom stereocenters. The Bertz CT molecular complexity index is 1150. The van der Waals surface area contributed by atoms with Gasteiger partial charge < -0.3 is 25.4 Å². The number of Topliss-reactive ketones (excluding diaryl/α,β-unsaturated/α-hetero) is 1. The molecule has 0 spiro atoms. The number of carbonyl (C=O) groups excluding carboxylic acids is 4. The van der Waals surface area contributed by atoms with Gasteiger partial charge in [0.2, 0.25) is 11.8 Å². The highest BCUT2D eigenvalue weighted by molar-refractivity contribution is 5.97. The van der Waals surface area contributed by atoms with Crippen molar-refractivity contribution in [2.24, 2.45) is 0 Å². The first-order valence-electron chi connectivity index (χ1n) is 12.0. The number of ether oxygens (including phenoxy) is 2. The van der Waals surface area contributed by atoms with Gasteiger partial charge in [-0.1, -0.05) is 48.0 Å². The molecule has 1 heterocycles. The van der Waals surface area contributed by atoms with Gasteiger partial charge in [0.25, 0.3) is 0 Å². The van der Waals surface area contributed by atoms with Crippen LogP contribution in [0.3, 0.4) is 0 Å². The number of carbonyl (C=O) groups is 4. The molecule has 0 saturated carbocycles. The van der Waals surface area contributed by atoms with Crippen LogP contribution in [0.15, 0.2) is 54.6 Å². The molecule has 3 N–H and O–H groups in total. The van der Waals surface area contributed by atoms with Crippen LogP contribution in [0.25, 0.3) is 0 Å². The highest BCUT2D eigenvalue weighted by Gasteiger charge is 2.50. The quantitative estimate of drug-likeness (QED) is 0.386. The van der Waals surface area contributed by atoms with Gasteiger partial charge in [0.15, 0.2) is 5.78 Å². The van der Waals surface area contributed by atoms with Gasteiger partial charge in [0.05, 0.1) is 26.3 Å². The van der Waals surface area contributed by atoms with Crippen LogP contribution < -0.4 is 20.7 Å². The summed E-state index contributed by atoms with van der Waals surface area (Å²) < 4.78 is 46.8. The summed E-state index contributed by atoms with van der Waals surface area (Å²) in [7, 11) is 1.67. The number of epoxide rings is 1. The zero-order valence-electron chi connectivity index (χ0n) is 22.1. The predicted octanol–water partition coefficient (Wildman–Crippen LogP) is 3.00. The van der Waals surface area contributed by atoms with Crippen molar-refractivity contribution in [3.05, 3.63) is 65.7 Å². The molecule has 2 aromatic rings. The van der Waals surface area contributed by atoms with Crippen molar-refractivity contribution < 1.29 is 46.1 Å². The van der Waals surface area contributed by atoms with Gasteiger partial charge in [-0.2, -0.15) is 13.2 Å². The van der Waals surface area contributed by atoms with E-state index in [0.717, 1.165) is 18.2 Å². The minimum absolute atomic E-state index is 0. The zero-order valence-corrected chi connectivity index (χ0v) is 22.1. The van der Waals surface area contributed by atoms with E-state index in [0.29, 0.717) is 0 Å². The molecule has 0 bridgehead atoms. The number of hydrogen-bond donors (Lipinski definition) is 3. The van der Waals surface area contributed by atoms with Gasteiger partial charge in [-0.25, -0.2) is 0 Å². The van der Waals surface area contributed by atoms with E-state index in [1.807, 2.05) is 24.3 Å². The maximum absolute atomic E-state index is 12.6. The number of hydrogen-bond acceptors (Lipinski definition) is 6. The second-order valence-electron chi connectivity index (χ2n) is 9.12. The van der Waals surface area contributed by atoms with Crippen LogP contribution in [-0.4, -0.2) is 67.6 Å². The number of rotatable bonds is 10. The van der Waals surface area contributed by atoms with Gasteiger partial charge >= 0.3 is 12.1 Å². The smallest absolute Gasteiger partial charge is 0.471 e. The summed E-state index contributed by atoms with van der Waals surface area (Å²) in [6, 6.07) is 14.5. The first-order chi connectivity index (χ1) is 18.2. The van der Waals surface area contributed by atoms with Crippen LogP contribution in [0, 0.1) is 6.92 Å². The van der Waals surface area contributed by atoms with Crippen molar-refractivity contribution in [3.63, 3.8) is 0 Å². The van der Waals surface area contributed by atoms with Gasteiger partial charge in [0.1, 0.15) is 17.4 Å². The molecule has 39 heavy (non-hydrogen) atoms. The van der Waals surface area contributed by atoms with Crippen molar-refractivity contribution in [2.45, 2.75) is 51.1 Å². The molecule has 12 heteroatoms. The molecule has 218 valence electrons. The Labute approximate surface area is 228 Å². The first kappa shape index (κ1) is 31.3. The summed E-state index contributed by atoms with van der Waals surface area (Å²) in [4.78, 5) is 47.6. The van der Waals surface area contributed by atoms with Crippen LogP contribution >= 0.6 is 0 Å². The predicted molar refractivity (Wildman–Crippen MR) is 142 cm³/mol. The average molecular weight is 558 g/mol. The van der Waals surface area contributed by atoms with E-state index < -0.39 is 48.1 Å². The van der Waals surface area contributed by atoms with Crippen LogP contribution in [0.5, 0.6) is 5.75 Å². The molecular formula is C27H38F3N3O6. The Morgan fingerprint density at radius 1 is 1.05 bits per heavy atom. The van der Waals surface area contributed by atoms with Gasteiger partial charge in [0, 0.05) is 4.28 Å². The molecule has 1 saturated heterocycles.